The van der Waals surface area contributed by atoms with Crippen LogP contribution in [0.25, 0.3) is 0 Å². The number of unbranched alkanes of at least 4 members (excludes halogenated alkanes) is 2. The molecule has 4 aromatic carbocycles. The van der Waals surface area contributed by atoms with Crippen LogP contribution in [0.2, 0.25) is 0 Å². The van der Waals surface area contributed by atoms with Gasteiger partial charge >= 0.3 is 0 Å². The van der Waals surface area contributed by atoms with Gasteiger partial charge in [-0.05, 0) is 99.3 Å². The van der Waals surface area contributed by atoms with Crippen molar-refractivity contribution < 1.29 is 4.74 Å². The van der Waals surface area contributed by atoms with Crippen molar-refractivity contribution in [2.24, 2.45) is 0 Å². The Labute approximate surface area is 255 Å². The zero-order chi connectivity index (χ0) is 29.1. The van der Waals surface area contributed by atoms with Crippen LogP contribution in [0, 0.1) is 0 Å². The fraction of sp³-hybridized carbons (Fsp3) is 0.385. The summed E-state index contributed by atoms with van der Waals surface area (Å²) in [6.07, 6.45) is 9.31. The molecule has 0 radical (unpaired) electrons. The lowest BCUT2D eigenvalue weighted by Gasteiger charge is -2.29. The van der Waals surface area contributed by atoms with Gasteiger partial charge in [-0.3, -0.25) is 0 Å². The van der Waals surface area contributed by atoms with Gasteiger partial charge in [0.25, 0.3) is 0 Å². The average molecular weight is 563 g/mol. The van der Waals surface area contributed by atoms with E-state index in [2.05, 4.69) is 125 Å². The van der Waals surface area contributed by atoms with Crippen molar-refractivity contribution in [2.75, 3.05) is 32.8 Å². The molecule has 0 aliphatic rings. The molecule has 0 spiro atoms. The molecule has 0 aliphatic heterocycles. The maximum absolute atomic E-state index is 5.69. The summed E-state index contributed by atoms with van der Waals surface area (Å²) in [5, 5.41) is 3.96. The molecule has 0 aliphatic carbocycles. The molecule has 1 unspecified atom stereocenters. The van der Waals surface area contributed by atoms with Crippen molar-refractivity contribution in [2.45, 2.75) is 64.3 Å². The third-order valence-electron chi connectivity index (χ3n) is 7.96. The first-order valence-corrected chi connectivity index (χ1v) is 16.1. The first-order valence-electron chi connectivity index (χ1n) is 16.1. The number of hydrogen-bond acceptors (Lipinski definition) is 3. The fourth-order valence-electron chi connectivity index (χ4n) is 5.64. The normalized spacial score (nSPS) is 12.0. The summed E-state index contributed by atoms with van der Waals surface area (Å²) in [5.74, 6) is 0.952. The molecule has 0 saturated carbocycles. The van der Waals surface area contributed by atoms with Crippen molar-refractivity contribution in [3.8, 4) is 5.75 Å². The van der Waals surface area contributed by atoms with Crippen LogP contribution in [0.3, 0.4) is 0 Å². The van der Waals surface area contributed by atoms with E-state index in [1.54, 1.807) is 0 Å². The first-order chi connectivity index (χ1) is 20.8. The van der Waals surface area contributed by atoms with Crippen molar-refractivity contribution in [3.05, 3.63) is 138 Å². The van der Waals surface area contributed by atoms with Gasteiger partial charge in [-0.25, -0.2) is 0 Å². The summed E-state index contributed by atoms with van der Waals surface area (Å²) >= 11 is 0. The number of rotatable bonds is 20. The van der Waals surface area contributed by atoms with Gasteiger partial charge in [0.2, 0.25) is 0 Å². The van der Waals surface area contributed by atoms with E-state index in [4.69, 9.17) is 4.74 Å². The van der Waals surface area contributed by atoms with Gasteiger partial charge in [-0.2, -0.15) is 0 Å². The number of benzene rings is 4. The van der Waals surface area contributed by atoms with E-state index in [1.807, 2.05) is 6.92 Å². The van der Waals surface area contributed by atoms with Crippen LogP contribution in [-0.4, -0.2) is 43.7 Å². The largest absolute Gasteiger partial charge is 0.494 e. The molecular formula is C39H50N2O. The van der Waals surface area contributed by atoms with E-state index < -0.39 is 0 Å². The Hall–Kier alpha value is -3.40. The second-order valence-electron chi connectivity index (χ2n) is 11.4. The molecule has 3 nitrogen and oxygen atoms in total. The van der Waals surface area contributed by atoms with Crippen LogP contribution in [0.15, 0.2) is 115 Å². The second-order valence-corrected chi connectivity index (χ2v) is 11.4. The summed E-state index contributed by atoms with van der Waals surface area (Å²) in [6.45, 7) is 7.06. The summed E-state index contributed by atoms with van der Waals surface area (Å²) < 4.78 is 5.69. The number of nitrogens with zero attached hydrogens (tertiary/aromatic N) is 1. The lowest BCUT2D eigenvalue weighted by atomic mass is 10.0. The van der Waals surface area contributed by atoms with Crippen LogP contribution >= 0.6 is 0 Å². The van der Waals surface area contributed by atoms with Crippen molar-refractivity contribution in [1.82, 2.24) is 10.2 Å². The van der Waals surface area contributed by atoms with Gasteiger partial charge in [-0.15, -0.1) is 0 Å². The fourth-order valence-corrected chi connectivity index (χ4v) is 5.64. The minimum Gasteiger partial charge on any atom is -0.494 e. The van der Waals surface area contributed by atoms with Gasteiger partial charge in [0.05, 0.1) is 6.61 Å². The second kappa shape index (κ2) is 18.9. The smallest absolute Gasteiger partial charge is 0.119 e. The Morgan fingerprint density at radius 3 is 1.74 bits per heavy atom. The van der Waals surface area contributed by atoms with E-state index in [0.29, 0.717) is 12.6 Å². The Bertz CT molecular complexity index is 1210. The highest BCUT2D eigenvalue weighted by Crippen LogP contribution is 2.15. The lowest BCUT2D eigenvalue weighted by Crippen LogP contribution is -2.44. The standard InChI is InChI=1S/C39H50N2O/c1-2-42-39-26-24-37(25-27-39)32-38(40-29-15-23-35-18-9-4-10-19-35)33-41(31-28-36-21-11-5-12-22-36)30-14-6-13-20-34-16-7-3-8-17-34/h3-5,7-12,16-19,21-22,24-27,38,40H,2,6,13-15,20,23,28-33H2,1H3. The molecule has 0 saturated heterocycles. The predicted octanol–water partition coefficient (Wildman–Crippen LogP) is 8.18. The predicted molar refractivity (Wildman–Crippen MR) is 178 cm³/mol. The molecular weight excluding hydrogens is 512 g/mol. The van der Waals surface area contributed by atoms with Crippen molar-refractivity contribution in [1.29, 1.82) is 0 Å². The van der Waals surface area contributed by atoms with E-state index in [1.165, 1.54) is 47.9 Å². The third-order valence-corrected chi connectivity index (χ3v) is 7.96. The van der Waals surface area contributed by atoms with Crippen LogP contribution in [0.5, 0.6) is 5.75 Å². The van der Waals surface area contributed by atoms with Gasteiger partial charge in [-0.1, -0.05) is 110 Å². The van der Waals surface area contributed by atoms with E-state index >= 15 is 0 Å². The maximum Gasteiger partial charge on any atom is 0.119 e. The van der Waals surface area contributed by atoms with Crippen LogP contribution in [0.1, 0.15) is 54.9 Å². The summed E-state index contributed by atoms with van der Waals surface area (Å²) in [6, 6.07) is 41.8. The summed E-state index contributed by atoms with van der Waals surface area (Å²) in [4.78, 5) is 2.71. The lowest BCUT2D eigenvalue weighted by molar-refractivity contribution is 0.237. The monoisotopic (exact) mass is 562 g/mol. The molecule has 1 N–H and O–H groups in total. The highest BCUT2D eigenvalue weighted by atomic mass is 16.5. The number of hydrogen-bond donors (Lipinski definition) is 1. The Kier molecular flexibility index (Phi) is 14.2. The van der Waals surface area contributed by atoms with Crippen LogP contribution in [0.4, 0.5) is 0 Å². The molecule has 0 heterocycles. The molecule has 4 rings (SSSR count). The Morgan fingerprint density at radius 2 is 1.14 bits per heavy atom. The zero-order valence-electron chi connectivity index (χ0n) is 25.6. The minimum absolute atomic E-state index is 0.402. The molecule has 3 heteroatoms. The molecule has 1 atom stereocenters. The van der Waals surface area contributed by atoms with Crippen molar-refractivity contribution >= 4 is 0 Å². The SMILES string of the molecule is CCOc1ccc(CC(CN(CCCCCc2ccccc2)CCc2ccccc2)NCCCc2ccccc2)cc1. The molecule has 0 bridgehead atoms. The summed E-state index contributed by atoms with van der Waals surface area (Å²) in [5.41, 5.74) is 5.66. The van der Waals surface area contributed by atoms with E-state index in [9.17, 15) is 0 Å². The van der Waals surface area contributed by atoms with Gasteiger partial charge < -0.3 is 15.0 Å². The maximum atomic E-state index is 5.69. The van der Waals surface area contributed by atoms with Crippen LogP contribution in [-0.2, 0) is 25.7 Å². The van der Waals surface area contributed by atoms with E-state index in [-0.39, 0.29) is 0 Å². The highest BCUT2D eigenvalue weighted by Gasteiger charge is 2.15. The average Bonchev–Trinajstić information content (AvgIpc) is 3.04. The zero-order valence-corrected chi connectivity index (χ0v) is 25.6. The highest BCUT2D eigenvalue weighted by molar-refractivity contribution is 5.28. The molecule has 222 valence electrons. The molecule has 0 fully saturated rings. The van der Waals surface area contributed by atoms with Crippen LogP contribution < -0.4 is 10.1 Å². The number of ether oxygens (including phenoxy) is 1. The molecule has 42 heavy (non-hydrogen) atoms. The molecule has 4 aromatic rings. The van der Waals surface area contributed by atoms with Gasteiger partial charge in [0.1, 0.15) is 5.75 Å². The first kappa shape index (κ1) is 31.5. The Balaban J connectivity index is 1.35. The molecule has 0 amide bonds. The number of nitrogens with one attached hydrogen (secondary N) is 1. The third kappa shape index (κ3) is 12.2. The summed E-state index contributed by atoms with van der Waals surface area (Å²) in [7, 11) is 0. The topological polar surface area (TPSA) is 24.5 Å². The van der Waals surface area contributed by atoms with Gasteiger partial charge in [0.15, 0.2) is 0 Å². The molecule has 0 aromatic heterocycles. The Morgan fingerprint density at radius 1 is 0.571 bits per heavy atom. The van der Waals surface area contributed by atoms with E-state index in [0.717, 1.165) is 57.6 Å². The number of aryl methyl sites for hydroxylation is 2. The minimum atomic E-state index is 0.402. The quantitative estimate of drug-likeness (QED) is 0.110. The van der Waals surface area contributed by atoms with Gasteiger partial charge in [0, 0.05) is 19.1 Å². The van der Waals surface area contributed by atoms with Crippen molar-refractivity contribution in [3.63, 3.8) is 0 Å².